The Morgan fingerprint density at radius 2 is 2.17 bits per heavy atom. The van der Waals surface area contributed by atoms with Crippen molar-refractivity contribution in [3.05, 3.63) is 17.9 Å². The Balaban J connectivity index is 1.77. The van der Waals surface area contributed by atoms with Crippen LogP contribution in [0.1, 0.15) is 12.8 Å². The predicted octanol–water partition coefficient (Wildman–Crippen LogP) is 3.35. The van der Waals surface area contributed by atoms with Gasteiger partial charge in [-0.3, -0.25) is 0 Å². The van der Waals surface area contributed by atoms with E-state index in [-0.39, 0.29) is 6.61 Å². The summed E-state index contributed by atoms with van der Waals surface area (Å²) in [4.78, 5) is 6.77. The molecule has 2 heterocycles. The predicted molar refractivity (Wildman–Crippen MR) is 83.2 cm³/mol. The molecule has 23 heavy (non-hydrogen) atoms. The van der Waals surface area contributed by atoms with Crippen LogP contribution in [0.15, 0.2) is 22.0 Å². The molecule has 1 aromatic carbocycles. The largest absolute Gasteiger partial charge is 0.377 e. The van der Waals surface area contributed by atoms with Crippen LogP contribution in [0.4, 0.5) is 24.5 Å². The van der Waals surface area contributed by atoms with Crippen LogP contribution in [0.2, 0.25) is 0 Å². The summed E-state index contributed by atoms with van der Waals surface area (Å²) in [6.07, 6.45) is -0.402. The van der Waals surface area contributed by atoms with Crippen LogP contribution in [0, 0.1) is 11.7 Å². The first-order valence-corrected chi connectivity index (χ1v) is 8.42. The average molecular weight is 343 g/mol. The number of aliphatic imine (C=N–C) groups is 1. The van der Waals surface area contributed by atoms with E-state index in [0.717, 1.165) is 18.7 Å². The number of alkyl halides is 2. The number of fused-ring (bicyclic) bond motifs is 1. The number of benzene rings is 1. The third kappa shape index (κ3) is 2.89. The van der Waals surface area contributed by atoms with Crippen molar-refractivity contribution >= 4 is 29.2 Å². The maximum atomic E-state index is 14.0. The molecule has 124 valence electrons. The number of amidine groups is 1. The van der Waals surface area contributed by atoms with E-state index < -0.39 is 18.3 Å². The molecule has 1 saturated carbocycles. The number of hydrogen-bond donors (Lipinski definition) is 1. The number of nitrogens with zero attached hydrogens (tertiary/aromatic N) is 2. The Labute approximate surface area is 136 Å². The van der Waals surface area contributed by atoms with Crippen molar-refractivity contribution in [3.63, 3.8) is 0 Å². The Bertz CT molecular complexity index is 651. The number of anilines is 1. The smallest absolute Gasteiger partial charge is 0.260 e. The van der Waals surface area contributed by atoms with E-state index in [9.17, 15) is 13.2 Å². The minimum absolute atomic E-state index is 0.0620. The normalized spacial score (nSPS) is 24.3. The molecule has 1 N–H and O–H groups in total. The van der Waals surface area contributed by atoms with Gasteiger partial charge in [0.05, 0.1) is 23.8 Å². The second kappa shape index (κ2) is 5.90. The Hall–Kier alpha value is -1.41. The molecule has 0 radical (unpaired) electrons. The first kappa shape index (κ1) is 15.1. The van der Waals surface area contributed by atoms with E-state index in [0.29, 0.717) is 35.3 Å². The third-order valence-electron chi connectivity index (χ3n) is 4.25. The molecular formula is C15H16F3N3OS. The molecule has 8 heteroatoms. The van der Waals surface area contributed by atoms with Crippen molar-refractivity contribution in [2.75, 3.05) is 24.7 Å². The molecule has 3 aliphatic rings. The molecule has 0 amide bonds. The van der Waals surface area contributed by atoms with Gasteiger partial charge in [-0.2, -0.15) is 0 Å². The summed E-state index contributed by atoms with van der Waals surface area (Å²) in [7, 11) is 0. The number of halogens is 3. The van der Waals surface area contributed by atoms with Gasteiger partial charge in [0.2, 0.25) is 0 Å². The van der Waals surface area contributed by atoms with Crippen LogP contribution in [-0.2, 0) is 4.74 Å². The van der Waals surface area contributed by atoms with E-state index in [1.165, 1.54) is 29.0 Å². The fraction of sp³-hybridized carbons (Fsp3) is 0.533. The molecule has 1 atom stereocenters. The molecule has 2 fully saturated rings. The van der Waals surface area contributed by atoms with Gasteiger partial charge >= 0.3 is 0 Å². The highest BCUT2D eigenvalue weighted by Crippen LogP contribution is 2.44. The zero-order chi connectivity index (χ0) is 16.0. The average Bonchev–Trinajstić information content (AvgIpc) is 3.38. The number of rotatable bonds is 3. The molecule has 2 aliphatic heterocycles. The van der Waals surface area contributed by atoms with Gasteiger partial charge in [0.15, 0.2) is 0 Å². The number of nitrogens with one attached hydrogen (secondary N) is 1. The van der Waals surface area contributed by atoms with Crippen LogP contribution in [0.5, 0.6) is 0 Å². The zero-order valence-corrected chi connectivity index (χ0v) is 13.1. The van der Waals surface area contributed by atoms with Gasteiger partial charge in [-0.05, 0) is 36.9 Å². The van der Waals surface area contributed by atoms with Crippen molar-refractivity contribution in [1.29, 1.82) is 0 Å². The summed E-state index contributed by atoms with van der Waals surface area (Å²) in [5.41, 5.74) is 1.02. The van der Waals surface area contributed by atoms with Crippen LogP contribution in [0.25, 0.3) is 0 Å². The molecule has 0 bridgehead atoms. The van der Waals surface area contributed by atoms with E-state index in [4.69, 9.17) is 4.74 Å². The minimum Gasteiger partial charge on any atom is -0.377 e. The van der Waals surface area contributed by atoms with E-state index >= 15 is 0 Å². The summed E-state index contributed by atoms with van der Waals surface area (Å²) in [6.45, 7) is 0.587. The molecular weight excluding hydrogens is 327 g/mol. The van der Waals surface area contributed by atoms with Gasteiger partial charge in [-0.1, -0.05) is 0 Å². The highest BCUT2D eigenvalue weighted by molar-refractivity contribution is 7.98. The number of hydrogen-bond acceptors (Lipinski definition) is 5. The summed E-state index contributed by atoms with van der Waals surface area (Å²) in [5.74, 6) is 0.819. The zero-order valence-electron chi connectivity index (χ0n) is 12.3. The van der Waals surface area contributed by atoms with Crippen molar-refractivity contribution in [3.8, 4) is 0 Å². The SMILES string of the molecule is Fc1cc2c(c(N3CCOCC3C(F)F)c1)N=C(C1CC1)NS2. The quantitative estimate of drug-likeness (QED) is 0.854. The summed E-state index contributed by atoms with van der Waals surface area (Å²) >= 11 is 1.30. The summed E-state index contributed by atoms with van der Waals surface area (Å²) in [6, 6.07) is 1.62. The fourth-order valence-corrected chi connectivity index (χ4v) is 3.73. The van der Waals surface area contributed by atoms with Crippen LogP contribution >= 0.6 is 11.9 Å². The lowest BCUT2D eigenvalue weighted by Gasteiger charge is -2.38. The van der Waals surface area contributed by atoms with Gasteiger partial charge in [-0.25, -0.2) is 18.2 Å². The second-order valence-electron chi connectivity index (χ2n) is 5.92. The van der Waals surface area contributed by atoms with Gasteiger partial charge in [-0.15, -0.1) is 0 Å². The molecule has 1 aliphatic carbocycles. The van der Waals surface area contributed by atoms with Gasteiger partial charge in [0.1, 0.15) is 23.4 Å². The highest BCUT2D eigenvalue weighted by Gasteiger charge is 2.35. The van der Waals surface area contributed by atoms with Gasteiger partial charge in [0, 0.05) is 12.5 Å². The standard InChI is InChI=1S/C15H16F3N3OS/c16-9-5-10(21-3-4-22-7-11(21)14(17)18)13-12(6-9)23-20-15(19-13)8-1-2-8/h5-6,8,11,14H,1-4,7H2,(H,19,20). The lowest BCUT2D eigenvalue weighted by Crippen LogP contribution is -2.49. The first-order chi connectivity index (χ1) is 11.1. The van der Waals surface area contributed by atoms with E-state index in [1.807, 2.05) is 0 Å². The number of ether oxygens (including phenoxy) is 1. The van der Waals surface area contributed by atoms with Crippen LogP contribution < -0.4 is 9.62 Å². The lowest BCUT2D eigenvalue weighted by atomic mass is 10.1. The lowest BCUT2D eigenvalue weighted by molar-refractivity contribution is 0.0207. The minimum atomic E-state index is -2.56. The fourth-order valence-electron chi connectivity index (χ4n) is 2.88. The molecule has 1 aromatic rings. The van der Waals surface area contributed by atoms with Crippen molar-refractivity contribution < 1.29 is 17.9 Å². The van der Waals surface area contributed by atoms with Crippen molar-refractivity contribution in [2.45, 2.75) is 30.2 Å². The summed E-state index contributed by atoms with van der Waals surface area (Å²) in [5, 5.41) is 0. The molecule has 4 nitrogen and oxygen atoms in total. The van der Waals surface area contributed by atoms with E-state index in [1.54, 1.807) is 0 Å². The first-order valence-electron chi connectivity index (χ1n) is 7.61. The number of morpholine rings is 1. The topological polar surface area (TPSA) is 36.9 Å². The highest BCUT2D eigenvalue weighted by atomic mass is 32.2. The third-order valence-corrected chi connectivity index (χ3v) is 5.09. The van der Waals surface area contributed by atoms with Crippen LogP contribution in [-0.4, -0.2) is 38.1 Å². The van der Waals surface area contributed by atoms with Crippen molar-refractivity contribution in [2.24, 2.45) is 10.9 Å². The van der Waals surface area contributed by atoms with Gasteiger partial charge < -0.3 is 14.4 Å². The van der Waals surface area contributed by atoms with Gasteiger partial charge in [0.25, 0.3) is 6.43 Å². The Morgan fingerprint density at radius 1 is 1.35 bits per heavy atom. The maximum Gasteiger partial charge on any atom is 0.260 e. The van der Waals surface area contributed by atoms with Crippen LogP contribution in [0.3, 0.4) is 0 Å². The molecule has 0 aromatic heterocycles. The molecule has 0 spiro atoms. The molecule has 4 rings (SSSR count). The summed E-state index contributed by atoms with van der Waals surface area (Å²) < 4.78 is 48.9. The van der Waals surface area contributed by atoms with Crippen molar-refractivity contribution in [1.82, 2.24) is 4.72 Å². The Morgan fingerprint density at radius 3 is 2.91 bits per heavy atom. The second-order valence-corrected chi connectivity index (χ2v) is 6.77. The Kier molecular flexibility index (Phi) is 3.88. The monoisotopic (exact) mass is 343 g/mol. The van der Waals surface area contributed by atoms with E-state index in [2.05, 4.69) is 9.71 Å². The maximum absolute atomic E-state index is 14.0. The molecule has 1 saturated heterocycles. The molecule has 1 unspecified atom stereocenters.